The van der Waals surface area contributed by atoms with Crippen molar-refractivity contribution in [3.05, 3.63) is 94.6 Å². The van der Waals surface area contributed by atoms with Gasteiger partial charge in [-0.1, -0.05) is 57.5 Å². The van der Waals surface area contributed by atoms with Crippen molar-refractivity contribution in [2.24, 2.45) is 0 Å². The van der Waals surface area contributed by atoms with Crippen LogP contribution in [0.5, 0.6) is 0 Å². The average Bonchev–Trinajstić information content (AvgIpc) is 3.69. The molecule has 1 aliphatic heterocycles. The van der Waals surface area contributed by atoms with Crippen LogP contribution in [-0.2, 0) is 31.3 Å². The second kappa shape index (κ2) is 11.1. The molecular weight excluding hydrogens is 476 g/mol. The quantitative estimate of drug-likeness (QED) is 0.308. The summed E-state index contributed by atoms with van der Waals surface area (Å²) in [6.07, 6.45) is 17.1. The van der Waals surface area contributed by atoms with Gasteiger partial charge in [-0.15, -0.1) is 5.10 Å². The molecule has 0 atom stereocenters. The minimum Gasteiger partial charge on any atom is -0.368 e. The third-order valence-corrected chi connectivity index (χ3v) is 7.33. The number of tetrazole rings is 1. The molecule has 0 unspecified atom stereocenters. The highest BCUT2D eigenvalue weighted by Crippen LogP contribution is 2.33. The van der Waals surface area contributed by atoms with Crippen LogP contribution < -0.4 is 11.0 Å². The molecule has 38 heavy (non-hydrogen) atoms. The maximum absolute atomic E-state index is 14.2. The first-order valence-electron chi connectivity index (χ1n) is 13.6. The average molecular weight is 513 g/mol. The highest BCUT2D eigenvalue weighted by molar-refractivity contribution is 5.57. The standard InChI is InChI=1S/C29H36N8O/c1-4-7-11-25-20-36(27-22(6-3)12-18-35(27)17-5-2)28(38)37(25)21-29(13-15-30-16-14-29)24-10-8-9-23(19-24)26-31-33-34-32-26/h8-10,12-16,18-20,30H,4-7,11,17,21H2,1-3H3,(H,31,32,33,34). The van der Waals surface area contributed by atoms with Gasteiger partial charge in [0.25, 0.3) is 0 Å². The number of allylic oxidation sites excluding steroid dienone is 2. The minimum atomic E-state index is -0.523. The van der Waals surface area contributed by atoms with Crippen LogP contribution in [0, 0.1) is 0 Å². The van der Waals surface area contributed by atoms with E-state index in [-0.39, 0.29) is 5.69 Å². The van der Waals surface area contributed by atoms with Crippen LogP contribution >= 0.6 is 0 Å². The van der Waals surface area contributed by atoms with Crippen LogP contribution in [-0.4, -0.2) is 34.3 Å². The Kier molecular flexibility index (Phi) is 7.44. The fraction of sp³-hybridized carbons (Fsp3) is 0.379. The first-order valence-corrected chi connectivity index (χ1v) is 13.6. The zero-order valence-corrected chi connectivity index (χ0v) is 22.4. The maximum atomic E-state index is 14.2. The Morgan fingerprint density at radius 3 is 2.61 bits per heavy atom. The Morgan fingerprint density at radius 1 is 1.05 bits per heavy atom. The molecule has 0 spiro atoms. The van der Waals surface area contributed by atoms with E-state index in [9.17, 15) is 4.79 Å². The number of nitrogens with one attached hydrogen (secondary N) is 2. The Bertz CT molecular complexity index is 1470. The summed E-state index contributed by atoms with van der Waals surface area (Å²) in [7, 11) is 0. The molecule has 5 rings (SSSR count). The zero-order chi connectivity index (χ0) is 26.5. The lowest BCUT2D eigenvalue weighted by Gasteiger charge is -2.31. The number of benzene rings is 1. The lowest BCUT2D eigenvalue weighted by atomic mass is 9.78. The number of aryl methyl sites for hydroxylation is 3. The fourth-order valence-electron chi connectivity index (χ4n) is 5.30. The third-order valence-electron chi connectivity index (χ3n) is 7.33. The van der Waals surface area contributed by atoms with Crippen LogP contribution in [0.3, 0.4) is 0 Å². The molecule has 9 heteroatoms. The van der Waals surface area contributed by atoms with E-state index in [2.05, 4.69) is 94.0 Å². The summed E-state index contributed by atoms with van der Waals surface area (Å²) < 4.78 is 6.06. The minimum absolute atomic E-state index is 0.00264. The molecule has 1 aliphatic rings. The van der Waals surface area contributed by atoms with Crippen molar-refractivity contribution in [3.8, 4) is 17.2 Å². The van der Waals surface area contributed by atoms with Gasteiger partial charge in [0.1, 0.15) is 5.82 Å². The SMILES string of the molecule is CCCCc1cn(-c2c(CC)ccn2CCC)c(=O)n1CC1(c2cccc(-c3nnn[nH]3)c2)C=CNC=C1. The van der Waals surface area contributed by atoms with Gasteiger partial charge >= 0.3 is 5.69 Å². The summed E-state index contributed by atoms with van der Waals surface area (Å²) in [5.74, 6) is 1.60. The van der Waals surface area contributed by atoms with Crippen LogP contribution in [0.4, 0.5) is 0 Å². The highest BCUT2D eigenvalue weighted by Gasteiger charge is 2.32. The number of imidazole rings is 1. The van der Waals surface area contributed by atoms with Crippen molar-refractivity contribution >= 4 is 0 Å². The predicted octanol–water partition coefficient (Wildman–Crippen LogP) is 4.50. The number of aromatic nitrogens is 7. The molecule has 0 bridgehead atoms. The number of rotatable bonds is 11. The molecule has 0 saturated carbocycles. The molecule has 0 amide bonds. The largest absolute Gasteiger partial charge is 0.368 e. The van der Waals surface area contributed by atoms with Crippen molar-refractivity contribution in [1.29, 1.82) is 0 Å². The van der Waals surface area contributed by atoms with Crippen molar-refractivity contribution in [3.63, 3.8) is 0 Å². The zero-order valence-electron chi connectivity index (χ0n) is 22.4. The number of nitrogens with zero attached hydrogens (tertiary/aromatic N) is 6. The number of unbranched alkanes of at least 4 members (excludes halogenated alkanes) is 1. The van der Waals surface area contributed by atoms with E-state index in [1.54, 1.807) is 0 Å². The van der Waals surface area contributed by atoms with E-state index in [1.165, 1.54) is 5.56 Å². The lowest BCUT2D eigenvalue weighted by molar-refractivity contribution is 0.495. The molecule has 4 aromatic rings. The van der Waals surface area contributed by atoms with E-state index in [4.69, 9.17) is 0 Å². The van der Waals surface area contributed by atoms with Crippen molar-refractivity contribution in [1.82, 2.24) is 39.6 Å². The molecule has 1 aromatic carbocycles. The van der Waals surface area contributed by atoms with Gasteiger partial charge in [-0.25, -0.2) is 9.89 Å². The number of H-pyrrole nitrogens is 1. The first-order chi connectivity index (χ1) is 18.6. The molecule has 0 aliphatic carbocycles. The molecule has 0 fully saturated rings. The van der Waals surface area contributed by atoms with E-state index < -0.39 is 5.41 Å². The number of hydrogen-bond donors (Lipinski definition) is 2. The Hall–Kier alpha value is -4.14. The molecule has 0 saturated heterocycles. The van der Waals surface area contributed by atoms with Gasteiger partial charge in [-0.2, -0.15) is 0 Å². The van der Waals surface area contributed by atoms with Gasteiger partial charge in [0.05, 0.1) is 5.41 Å². The molecule has 2 N–H and O–H groups in total. The second-order valence-corrected chi connectivity index (χ2v) is 9.88. The van der Waals surface area contributed by atoms with E-state index in [0.29, 0.717) is 12.4 Å². The van der Waals surface area contributed by atoms with E-state index in [1.807, 2.05) is 33.7 Å². The van der Waals surface area contributed by atoms with Crippen molar-refractivity contribution in [2.75, 3.05) is 0 Å². The molecule has 0 radical (unpaired) electrons. The molecule has 3 aromatic heterocycles. The summed E-state index contributed by atoms with van der Waals surface area (Å²) in [6.45, 7) is 7.86. The summed E-state index contributed by atoms with van der Waals surface area (Å²) in [5.41, 5.74) is 3.67. The fourth-order valence-corrected chi connectivity index (χ4v) is 5.30. The topological polar surface area (TPSA) is 98.3 Å². The number of dihydropyridines is 1. The van der Waals surface area contributed by atoms with Gasteiger partial charge < -0.3 is 9.88 Å². The van der Waals surface area contributed by atoms with Gasteiger partial charge in [0.15, 0.2) is 5.82 Å². The number of hydrogen-bond acceptors (Lipinski definition) is 5. The molecular formula is C29H36N8O. The Labute approximate surface area is 222 Å². The summed E-state index contributed by atoms with van der Waals surface area (Å²) >= 11 is 0. The lowest BCUT2D eigenvalue weighted by Crippen LogP contribution is -2.36. The van der Waals surface area contributed by atoms with E-state index in [0.717, 1.165) is 61.3 Å². The third kappa shape index (κ3) is 4.76. The van der Waals surface area contributed by atoms with Gasteiger partial charge in [0, 0.05) is 36.7 Å². The molecule has 4 heterocycles. The van der Waals surface area contributed by atoms with Crippen LogP contribution in [0.15, 0.2) is 72.1 Å². The first kappa shape index (κ1) is 25.5. The highest BCUT2D eigenvalue weighted by atomic mass is 16.1. The van der Waals surface area contributed by atoms with Crippen LogP contribution in [0.25, 0.3) is 17.2 Å². The second-order valence-electron chi connectivity index (χ2n) is 9.88. The molecule has 198 valence electrons. The predicted molar refractivity (Wildman–Crippen MR) is 149 cm³/mol. The Balaban J connectivity index is 1.63. The van der Waals surface area contributed by atoms with Gasteiger partial charge in [0.2, 0.25) is 0 Å². The number of aromatic amines is 1. The normalized spacial score (nSPS) is 14.2. The summed E-state index contributed by atoms with van der Waals surface area (Å²) in [4.78, 5) is 14.2. The van der Waals surface area contributed by atoms with Crippen LogP contribution in [0.1, 0.15) is 56.9 Å². The van der Waals surface area contributed by atoms with Crippen molar-refractivity contribution in [2.45, 2.75) is 71.4 Å². The Morgan fingerprint density at radius 2 is 1.89 bits per heavy atom. The van der Waals surface area contributed by atoms with E-state index >= 15 is 0 Å². The van der Waals surface area contributed by atoms with Crippen molar-refractivity contribution < 1.29 is 0 Å². The maximum Gasteiger partial charge on any atom is 0.334 e. The van der Waals surface area contributed by atoms with Gasteiger partial charge in [-0.3, -0.25) is 9.13 Å². The molecule has 9 nitrogen and oxygen atoms in total. The smallest absolute Gasteiger partial charge is 0.334 e. The van der Waals surface area contributed by atoms with Gasteiger partial charge in [-0.05, 0) is 71.8 Å². The summed E-state index contributed by atoms with van der Waals surface area (Å²) in [6, 6.07) is 10.3. The van der Waals surface area contributed by atoms with Crippen LogP contribution in [0.2, 0.25) is 0 Å². The monoisotopic (exact) mass is 512 g/mol. The summed E-state index contributed by atoms with van der Waals surface area (Å²) in [5, 5.41) is 17.6.